The Balaban J connectivity index is 1.67. The zero-order valence-corrected chi connectivity index (χ0v) is 14.4. The first-order valence-corrected chi connectivity index (χ1v) is 8.65. The van der Waals surface area contributed by atoms with Crippen molar-refractivity contribution in [3.05, 3.63) is 52.8 Å². The van der Waals surface area contributed by atoms with Gasteiger partial charge in [-0.15, -0.1) is 0 Å². The smallest absolute Gasteiger partial charge is 0.335 e. The van der Waals surface area contributed by atoms with Gasteiger partial charge in [-0.3, -0.25) is 9.58 Å². The van der Waals surface area contributed by atoms with Crippen LogP contribution in [0.3, 0.4) is 0 Å². The Morgan fingerprint density at radius 1 is 1.33 bits per heavy atom. The molecule has 0 saturated carbocycles. The zero-order chi connectivity index (χ0) is 17.1. The number of hydrogen-bond donors (Lipinski definition) is 1. The van der Waals surface area contributed by atoms with Gasteiger partial charge in [0.2, 0.25) is 0 Å². The van der Waals surface area contributed by atoms with Gasteiger partial charge in [0.15, 0.2) is 0 Å². The van der Waals surface area contributed by atoms with Crippen LogP contribution in [0.5, 0.6) is 0 Å². The van der Waals surface area contributed by atoms with E-state index in [4.69, 9.17) is 5.11 Å². The molecule has 1 N–H and O–H groups in total. The van der Waals surface area contributed by atoms with Crippen LogP contribution < -0.4 is 0 Å². The second-order valence-corrected chi connectivity index (χ2v) is 6.60. The van der Waals surface area contributed by atoms with E-state index in [-0.39, 0.29) is 0 Å². The lowest BCUT2D eigenvalue weighted by atomic mass is 9.90. The minimum atomic E-state index is -0.866. The van der Waals surface area contributed by atoms with Crippen LogP contribution in [0, 0.1) is 6.92 Å². The fraction of sp³-hybridized carbons (Fsp3) is 0.474. The van der Waals surface area contributed by atoms with Crippen molar-refractivity contribution in [1.29, 1.82) is 0 Å². The molecule has 1 unspecified atom stereocenters. The molecule has 2 aromatic rings. The summed E-state index contributed by atoms with van der Waals surface area (Å²) in [5, 5.41) is 13.6. The maximum absolute atomic E-state index is 11.0. The van der Waals surface area contributed by atoms with Crippen molar-refractivity contribution >= 4 is 5.97 Å². The van der Waals surface area contributed by atoms with Gasteiger partial charge in [0.25, 0.3) is 0 Å². The normalized spacial score (nSPS) is 18.7. The molecular weight excluding hydrogens is 302 g/mol. The molecule has 0 spiro atoms. The summed E-state index contributed by atoms with van der Waals surface area (Å²) in [4.78, 5) is 13.5. The van der Waals surface area contributed by atoms with Crippen LogP contribution in [0.25, 0.3) is 0 Å². The quantitative estimate of drug-likeness (QED) is 0.915. The van der Waals surface area contributed by atoms with E-state index in [0.29, 0.717) is 11.5 Å². The Kier molecular flexibility index (Phi) is 5.00. The van der Waals surface area contributed by atoms with Crippen LogP contribution in [0.1, 0.15) is 52.9 Å². The molecule has 2 heterocycles. The Bertz CT molecular complexity index is 706. The number of carboxylic acids is 1. The first kappa shape index (κ1) is 16.7. The number of benzene rings is 1. The zero-order valence-electron chi connectivity index (χ0n) is 14.4. The molecule has 0 amide bonds. The Morgan fingerprint density at radius 3 is 2.71 bits per heavy atom. The van der Waals surface area contributed by atoms with Gasteiger partial charge < -0.3 is 5.11 Å². The van der Waals surface area contributed by atoms with Crippen molar-refractivity contribution in [2.24, 2.45) is 0 Å². The summed E-state index contributed by atoms with van der Waals surface area (Å²) in [5.74, 6) is -0.390. The average Bonchev–Trinajstić information content (AvgIpc) is 2.95. The number of hydrogen-bond acceptors (Lipinski definition) is 3. The van der Waals surface area contributed by atoms with E-state index in [1.807, 2.05) is 16.8 Å². The van der Waals surface area contributed by atoms with E-state index in [9.17, 15) is 4.79 Å². The Hall–Kier alpha value is -2.14. The summed E-state index contributed by atoms with van der Waals surface area (Å²) in [6.45, 7) is 8.15. The standard InChI is InChI=1S/C19H25N3O2/c1-3-22-13-18(14(2)20-22)12-21-10-4-5-17(11-21)15-6-8-16(9-7-15)19(23)24/h6-9,13,17H,3-5,10-12H2,1-2H3,(H,23,24). The van der Waals surface area contributed by atoms with E-state index in [0.717, 1.165) is 38.3 Å². The van der Waals surface area contributed by atoms with Crippen LogP contribution in [0.15, 0.2) is 30.5 Å². The molecule has 1 fully saturated rings. The molecule has 5 nitrogen and oxygen atoms in total. The van der Waals surface area contributed by atoms with Gasteiger partial charge in [0, 0.05) is 31.4 Å². The van der Waals surface area contributed by atoms with Gasteiger partial charge in [-0.2, -0.15) is 5.10 Å². The van der Waals surface area contributed by atoms with Gasteiger partial charge in [0.05, 0.1) is 11.3 Å². The Morgan fingerprint density at radius 2 is 2.08 bits per heavy atom. The molecule has 1 aliphatic rings. The molecular formula is C19H25N3O2. The van der Waals surface area contributed by atoms with Gasteiger partial charge in [-0.25, -0.2) is 4.79 Å². The van der Waals surface area contributed by atoms with E-state index >= 15 is 0 Å². The number of aromatic carboxylic acids is 1. The molecule has 1 atom stereocenters. The highest BCUT2D eigenvalue weighted by Crippen LogP contribution is 2.28. The maximum Gasteiger partial charge on any atom is 0.335 e. The van der Waals surface area contributed by atoms with Crippen molar-refractivity contribution in [3.8, 4) is 0 Å². The van der Waals surface area contributed by atoms with Crippen LogP contribution in [-0.2, 0) is 13.1 Å². The molecule has 5 heteroatoms. The number of carboxylic acid groups (broad SMARTS) is 1. The van der Waals surface area contributed by atoms with E-state index in [2.05, 4.69) is 30.0 Å². The molecule has 24 heavy (non-hydrogen) atoms. The molecule has 1 saturated heterocycles. The molecule has 1 aliphatic heterocycles. The first-order chi connectivity index (χ1) is 11.6. The van der Waals surface area contributed by atoms with E-state index < -0.39 is 5.97 Å². The molecule has 128 valence electrons. The summed E-state index contributed by atoms with van der Waals surface area (Å²) in [5.41, 5.74) is 4.02. The lowest BCUT2D eigenvalue weighted by Crippen LogP contribution is -2.34. The fourth-order valence-electron chi connectivity index (χ4n) is 3.49. The summed E-state index contributed by atoms with van der Waals surface area (Å²) in [6.07, 6.45) is 4.49. The first-order valence-electron chi connectivity index (χ1n) is 8.65. The highest BCUT2D eigenvalue weighted by molar-refractivity contribution is 5.87. The summed E-state index contributed by atoms with van der Waals surface area (Å²) in [7, 11) is 0. The van der Waals surface area contributed by atoms with Gasteiger partial charge >= 0.3 is 5.97 Å². The third-order valence-corrected chi connectivity index (χ3v) is 4.90. The van der Waals surface area contributed by atoms with Gasteiger partial charge in [0.1, 0.15) is 0 Å². The monoisotopic (exact) mass is 327 g/mol. The summed E-state index contributed by atoms with van der Waals surface area (Å²) in [6, 6.07) is 7.37. The van der Waals surface area contributed by atoms with E-state index in [1.165, 1.54) is 17.5 Å². The van der Waals surface area contributed by atoms with E-state index in [1.54, 1.807) is 12.1 Å². The molecule has 0 bridgehead atoms. The van der Waals surface area contributed by atoms with Crippen molar-refractivity contribution in [2.45, 2.75) is 45.7 Å². The molecule has 3 rings (SSSR count). The van der Waals surface area contributed by atoms with Crippen molar-refractivity contribution in [2.75, 3.05) is 13.1 Å². The number of nitrogens with zero attached hydrogens (tertiary/aromatic N) is 3. The minimum absolute atomic E-state index is 0.356. The third kappa shape index (κ3) is 3.67. The van der Waals surface area contributed by atoms with Gasteiger partial charge in [-0.05, 0) is 56.8 Å². The summed E-state index contributed by atoms with van der Waals surface area (Å²) < 4.78 is 2.00. The second-order valence-electron chi connectivity index (χ2n) is 6.60. The van der Waals surface area contributed by atoms with Gasteiger partial charge in [-0.1, -0.05) is 12.1 Å². The lowest BCUT2D eigenvalue weighted by Gasteiger charge is -2.33. The van der Waals surface area contributed by atoms with Crippen molar-refractivity contribution in [3.63, 3.8) is 0 Å². The third-order valence-electron chi connectivity index (χ3n) is 4.90. The predicted octanol–water partition coefficient (Wildman–Crippen LogP) is 3.29. The van der Waals surface area contributed by atoms with Crippen molar-refractivity contribution in [1.82, 2.24) is 14.7 Å². The Labute approximate surface area is 142 Å². The fourth-order valence-corrected chi connectivity index (χ4v) is 3.49. The average molecular weight is 327 g/mol. The highest BCUT2D eigenvalue weighted by Gasteiger charge is 2.22. The number of rotatable bonds is 5. The minimum Gasteiger partial charge on any atom is -0.478 e. The number of carbonyl (C=O) groups is 1. The van der Waals surface area contributed by atoms with Crippen LogP contribution >= 0.6 is 0 Å². The molecule has 0 radical (unpaired) electrons. The molecule has 1 aromatic carbocycles. The number of likely N-dealkylation sites (tertiary alicyclic amines) is 1. The van der Waals surface area contributed by atoms with Crippen molar-refractivity contribution < 1.29 is 9.90 Å². The number of aryl methyl sites for hydroxylation is 2. The predicted molar refractivity (Wildman–Crippen MR) is 93.3 cm³/mol. The van der Waals surface area contributed by atoms with Crippen LogP contribution in [0.4, 0.5) is 0 Å². The van der Waals surface area contributed by atoms with Crippen LogP contribution in [0.2, 0.25) is 0 Å². The lowest BCUT2D eigenvalue weighted by molar-refractivity contribution is 0.0697. The van der Waals surface area contributed by atoms with Crippen LogP contribution in [-0.4, -0.2) is 38.8 Å². The number of aromatic nitrogens is 2. The topological polar surface area (TPSA) is 58.4 Å². The summed E-state index contributed by atoms with van der Waals surface area (Å²) >= 11 is 0. The molecule has 1 aromatic heterocycles. The number of piperidine rings is 1. The molecule has 0 aliphatic carbocycles. The second kappa shape index (κ2) is 7.18. The SMILES string of the molecule is CCn1cc(CN2CCCC(c3ccc(C(=O)O)cc3)C2)c(C)n1. The highest BCUT2D eigenvalue weighted by atomic mass is 16.4. The largest absolute Gasteiger partial charge is 0.478 e. The maximum atomic E-state index is 11.0.